The minimum absolute atomic E-state index is 0.100. The van der Waals surface area contributed by atoms with Gasteiger partial charge in [0.25, 0.3) is 0 Å². The van der Waals surface area contributed by atoms with E-state index in [-0.39, 0.29) is 17.9 Å². The summed E-state index contributed by atoms with van der Waals surface area (Å²) in [6.45, 7) is 4.13. The van der Waals surface area contributed by atoms with Crippen molar-refractivity contribution in [3.8, 4) is 0 Å². The second-order valence-electron chi connectivity index (χ2n) is 5.06. The maximum Gasteiger partial charge on any atom is 0.137 e. The van der Waals surface area contributed by atoms with Crippen LogP contribution < -0.4 is 5.32 Å². The van der Waals surface area contributed by atoms with Crippen LogP contribution in [-0.2, 0) is 0 Å². The Morgan fingerprint density at radius 1 is 1.45 bits per heavy atom. The molecular formula is C15H17FN2S2. The Morgan fingerprint density at radius 2 is 2.30 bits per heavy atom. The quantitative estimate of drug-likeness (QED) is 0.905. The number of aromatic nitrogens is 1. The predicted molar refractivity (Wildman–Crippen MR) is 82.9 cm³/mol. The van der Waals surface area contributed by atoms with Gasteiger partial charge >= 0.3 is 0 Å². The van der Waals surface area contributed by atoms with E-state index in [2.05, 4.69) is 22.6 Å². The van der Waals surface area contributed by atoms with Crippen LogP contribution in [0.15, 0.2) is 28.5 Å². The monoisotopic (exact) mass is 308 g/mol. The number of halogens is 1. The molecule has 2 nitrogen and oxygen atoms in total. The summed E-state index contributed by atoms with van der Waals surface area (Å²) >= 11 is 3.30. The average molecular weight is 308 g/mol. The second kappa shape index (κ2) is 5.84. The van der Waals surface area contributed by atoms with Gasteiger partial charge in [-0.05, 0) is 37.7 Å². The molecule has 106 valence electrons. The molecule has 1 N–H and O–H groups in total. The van der Waals surface area contributed by atoms with Gasteiger partial charge in [0.1, 0.15) is 10.8 Å². The number of hydrogen-bond acceptors (Lipinski definition) is 4. The Bertz CT molecular complexity index is 612. The molecule has 1 aromatic heterocycles. The Kier molecular flexibility index (Phi) is 4.10. The number of rotatable bonds is 3. The molecule has 2 atom stereocenters. The number of aryl methyl sites for hydroxylation is 1. The van der Waals surface area contributed by atoms with E-state index in [0.717, 1.165) is 33.3 Å². The lowest BCUT2D eigenvalue weighted by molar-refractivity contribution is 0.443. The summed E-state index contributed by atoms with van der Waals surface area (Å²) in [7, 11) is 0. The fourth-order valence-electron chi connectivity index (χ4n) is 2.50. The summed E-state index contributed by atoms with van der Waals surface area (Å²) in [5, 5.41) is 6.76. The maximum absolute atomic E-state index is 13.8. The smallest absolute Gasteiger partial charge is 0.137 e. The summed E-state index contributed by atoms with van der Waals surface area (Å²) in [5.74, 6) is 0.853. The standard InChI is InChI=1S/C15H17FN2S2/c1-9-8-20-15(17-9)10(2)18-13-6-7-19-14-11(13)4-3-5-12(14)16/h3-5,8,10,13,18H,6-7H2,1-2H3. The molecule has 0 spiro atoms. The SMILES string of the molecule is Cc1csc(C(C)NC2CCSc3c(F)cccc32)n1. The number of nitrogens with zero attached hydrogens (tertiary/aromatic N) is 1. The van der Waals surface area contributed by atoms with Gasteiger partial charge in [0.2, 0.25) is 0 Å². The zero-order valence-electron chi connectivity index (χ0n) is 11.5. The van der Waals surface area contributed by atoms with E-state index in [4.69, 9.17) is 0 Å². The molecule has 1 aliphatic heterocycles. The molecule has 5 heteroatoms. The molecule has 0 amide bonds. The number of thioether (sulfide) groups is 1. The van der Waals surface area contributed by atoms with Gasteiger partial charge in [0, 0.05) is 22.0 Å². The first-order valence-corrected chi connectivity index (χ1v) is 8.61. The first-order valence-electron chi connectivity index (χ1n) is 6.74. The molecule has 20 heavy (non-hydrogen) atoms. The van der Waals surface area contributed by atoms with Crippen molar-refractivity contribution in [1.29, 1.82) is 0 Å². The van der Waals surface area contributed by atoms with Crippen LogP contribution in [0.4, 0.5) is 4.39 Å². The van der Waals surface area contributed by atoms with Gasteiger partial charge in [-0.2, -0.15) is 0 Å². The van der Waals surface area contributed by atoms with Crippen LogP contribution in [0.3, 0.4) is 0 Å². The third kappa shape index (κ3) is 2.75. The van der Waals surface area contributed by atoms with Crippen molar-refractivity contribution in [2.75, 3.05) is 5.75 Å². The lowest BCUT2D eigenvalue weighted by atomic mass is 10.0. The number of nitrogens with one attached hydrogen (secondary N) is 1. The zero-order valence-corrected chi connectivity index (χ0v) is 13.2. The molecule has 1 aromatic carbocycles. The molecule has 2 unspecified atom stereocenters. The van der Waals surface area contributed by atoms with Crippen LogP contribution in [0.2, 0.25) is 0 Å². The highest BCUT2D eigenvalue weighted by molar-refractivity contribution is 7.99. The number of benzene rings is 1. The lowest BCUT2D eigenvalue weighted by Gasteiger charge is -2.28. The normalized spacial score (nSPS) is 19.6. The highest BCUT2D eigenvalue weighted by Crippen LogP contribution is 2.38. The van der Waals surface area contributed by atoms with Gasteiger partial charge < -0.3 is 5.32 Å². The van der Waals surface area contributed by atoms with E-state index < -0.39 is 0 Å². The zero-order chi connectivity index (χ0) is 14.1. The van der Waals surface area contributed by atoms with Crippen LogP contribution in [0.1, 0.15) is 41.7 Å². The number of hydrogen-bond donors (Lipinski definition) is 1. The van der Waals surface area contributed by atoms with Crippen molar-refractivity contribution >= 4 is 23.1 Å². The van der Waals surface area contributed by atoms with Crippen LogP contribution in [-0.4, -0.2) is 10.7 Å². The summed E-state index contributed by atoms with van der Waals surface area (Å²) in [5.41, 5.74) is 2.14. The van der Waals surface area contributed by atoms with Crippen molar-refractivity contribution in [2.45, 2.75) is 37.2 Å². The Balaban J connectivity index is 1.81. The fourth-order valence-corrected chi connectivity index (χ4v) is 4.46. The van der Waals surface area contributed by atoms with Crippen LogP contribution in [0.5, 0.6) is 0 Å². The number of thiazole rings is 1. The molecule has 0 bridgehead atoms. The Hall–Kier alpha value is -0.910. The summed E-state index contributed by atoms with van der Waals surface area (Å²) in [4.78, 5) is 5.33. The molecule has 2 aromatic rings. The summed E-state index contributed by atoms with van der Waals surface area (Å²) < 4.78 is 13.8. The molecule has 1 aliphatic rings. The van der Waals surface area contributed by atoms with Gasteiger partial charge in [-0.1, -0.05) is 12.1 Å². The first kappa shape index (κ1) is 14.0. The average Bonchev–Trinajstić information content (AvgIpc) is 2.87. The molecule has 0 aliphatic carbocycles. The third-order valence-corrected chi connectivity index (χ3v) is 5.79. The predicted octanol–water partition coefficient (Wildman–Crippen LogP) is 4.48. The topological polar surface area (TPSA) is 24.9 Å². The highest BCUT2D eigenvalue weighted by Gasteiger charge is 2.25. The second-order valence-corrected chi connectivity index (χ2v) is 7.06. The van der Waals surface area contributed by atoms with Crippen molar-refractivity contribution in [3.05, 3.63) is 45.7 Å². The van der Waals surface area contributed by atoms with Crippen molar-refractivity contribution < 1.29 is 4.39 Å². The molecular weight excluding hydrogens is 291 g/mol. The Labute approximate surface area is 126 Å². The van der Waals surface area contributed by atoms with Gasteiger partial charge in [-0.25, -0.2) is 9.37 Å². The summed E-state index contributed by atoms with van der Waals surface area (Å²) in [6.07, 6.45) is 1.02. The summed E-state index contributed by atoms with van der Waals surface area (Å²) in [6, 6.07) is 5.77. The van der Waals surface area contributed by atoms with Crippen molar-refractivity contribution in [1.82, 2.24) is 10.3 Å². The lowest BCUT2D eigenvalue weighted by Crippen LogP contribution is -2.27. The van der Waals surface area contributed by atoms with Crippen LogP contribution in [0, 0.1) is 12.7 Å². The van der Waals surface area contributed by atoms with Crippen molar-refractivity contribution in [3.63, 3.8) is 0 Å². The van der Waals surface area contributed by atoms with Gasteiger partial charge in [0.15, 0.2) is 0 Å². The van der Waals surface area contributed by atoms with E-state index in [9.17, 15) is 4.39 Å². The van der Waals surface area contributed by atoms with Gasteiger partial charge in [-0.3, -0.25) is 0 Å². The first-order chi connectivity index (χ1) is 9.65. The van der Waals surface area contributed by atoms with E-state index in [0.29, 0.717) is 0 Å². The van der Waals surface area contributed by atoms with E-state index in [1.807, 2.05) is 13.0 Å². The van der Waals surface area contributed by atoms with Crippen molar-refractivity contribution in [2.24, 2.45) is 0 Å². The van der Waals surface area contributed by atoms with E-state index in [1.165, 1.54) is 0 Å². The van der Waals surface area contributed by atoms with Crippen LogP contribution in [0.25, 0.3) is 0 Å². The maximum atomic E-state index is 13.8. The molecule has 2 heterocycles. The molecule has 0 radical (unpaired) electrons. The van der Waals surface area contributed by atoms with Gasteiger partial charge in [0.05, 0.1) is 6.04 Å². The van der Waals surface area contributed by atoms with E-state index in [1.54, 1.807) is 35.2 Å². The molecule has 0 saturated carbocycles. The van der Waals surface area contributed by atoms with Crippen LogP contribution >= 0.6 is 23.1 Å². The number of fused-ring (bicyclic) bond motifs is 1. The fraction of sp³-hybridized carbons (Fsp3) is 0.400. The molecule has 0 saturated heterocycles. The molecule has 3 rings (SSSR count). The third-order valence-electron chi connectivity index (χ3n) is 3.48. The minimum atomic E-state index is -0.100. The largest absolute Gasteiger partial charge is 0.301 e. The van der Waals surface area contributed by atoms with Gasteiger partial charge in [-0.15, -0.1) is 23.1 Å². The highest BCUT2D eigenvalue weighted by atomic mass is 32.2. The molecule has 0 fully saturated rings. The van der Waals surface area contributed by atoms with E-state index >= 15 is 0 Å². The Morgan fingerprint density at radius 3 is 3.05 bits per heavy atom. The minimum Gasteiger partial charge on any atom is -0.301 e.